The van der Waals surface area contributed by atoms with Crippen molar-refractivity contribution in [2.24, 2.45) is 5.92 Å². The Morgan fingerprint density at radius 1 is 0.800 bits per heavy atom. The number of amides is 2. The van der Waals surface area contributed by atoms with E-state index in [2.05, 4.69) is 48.5 Å². The van der Waals surface area contributed by atoms with Crippen molar-refractivity contribution >= 4 is 17.6 Å². The van der Waals surface area contributed by atoms with Gasteiger partial charge in [0, 0.05) is 18.7 Å². The average molecular weight is 613 g/mol. The van der Waals surface area contributed by atoms with E-state index in [1.807, 2.05) is 17.0 Å². The van der Waals surface area contributed by atoms with Gasteiger partial charge in [-0.3, -0.25) is 14.4 Å². The molecular formula is C37H44N2O6. The van der Waals surface area contributed by atoms with Crippen LogP contribution in [0.2, 0.25) is 0 Å². The molecule has 0 spiro atoms. The maximum Gasteiger partial charge on any atom is 0.295 e. The molecule has 0 unspecified atom stereocenters. The lowest BCUT2D eigenvalue weighted by atomic mass is 9.92. The van der Waals surface area contributed by atoms with Crippen molar-refractivity contribution in [3.05, 3.63) is 89.5 Å². The molecule has 0 radical (unpaired) electrons. The van der Waals surface area contributed by atoms with E-state index in [4.69, 9.17) is 14.2 Å². The summed E-state index contributed by atoms with van der Waals surface area (Å²) in [5, 5.41) is 0. The molecule has 0 aliphatic carbocycles. The number of hydrogen-bond acceptors (Lipinski definition) is 6. The second-order valence-corrected chi connectivity index (χ2v) is 12.1. The Morgan fingerprint density at radius 2 is 1.36 bits per heavy atom. The second kappa shape index (κ2) is 15.1. The van der Waals surface area contributed by atoms with Crippen LogP contribution in [0.3, 0.4) is 0 Å². The topological polar surface area (TPSA) is 85.4 Å². The van der Waals surface area contributed by atoms with Gasteiger partial charge >= 0.3 is 0 Å². The molecule has 2 aliphatic rings. The SMILES string of the molecule is COc1cc(C(=O)C(=O)N2[C@@H]3CC[C@H]2C(=O)N(CC(CCCc2ccccc2)CCCc2ccccc2)C3)cc(OC)c1OC. The minimum Gasteiger partial charge on any atom is -0.493 e. The number of aryl methyl sites for hydroxylation is 2. The van der Waals surface area contributed by atoms with E-state index in [9.17, 15) is 14.4 Å². The number of fused-ring (bicyclic) bond motifs is 2. The molecule has 0 saturated carbocycles. The van der Waals surface area contributed by atoms with Crippen LogP contribution in [0.1, 0.15) is 60.0 Å². The number of piperazine rings is 1. The summed E-state index contributed by atoms with van der Waals surface area (Å²) in [6.45, 7) is 1.13. The number of carbonyl (C=O) groups is 3. The van der Waals surface area contributed by atoms with E-state index in [1.165, 1.54) is 49.5 Å². The Kier molecular flexibility index (Phi) is 10.8. The molecule has 45 heavy (non-hydrogen) atoms. The summed E-state index contributed by atoms with van der Waals surface area (Å²) in [5.74, 6) is -0.103. The summed E-state index contributed by atoms with van der Waals surface area (Å²) in [4.78, 5) is 44.4. The Morgan fingerprint density at radius 3 is 1.87 bits per heavy atom. The van der Waals surface area contributed by atoms with Gasteiger partial charge in [0.1, 0.15) is 6.04 Å². The first-order valence-corrected chi connectivity index (χ1v) is 16.0. The smallest absolute Gasteiger partial charge is 0.295 e. The lowest BCUT2D eigenvalue weighted by Gasteiger charge is -2.41. The molecule has 0 N–H and O–H groups in total. The van der Waals surface area contributed by atoms with Crippen molar-refractivity contribution < 1.29 is 28.6 Å². The number of ketones is 1. The number of hydrogen-bond donors (Lipinski definition) is 0. The fourth-order valence-corrected chi connectivity index (χ4v) is 6.90. The van der Waals surface area contributed by atoms with Gasteiger partial charge in [-0.2, -0.15) is 0 Å². The standard InChI is InChI=1S/C37H44N2O6/c1-43-32-22-29(23-33(44-2)35(32)45-3)34(40)37(42)39-30-20-21-31(39)36(41)38(25-30)24-28(18-10-16-26-12-6-4-7-13-26)19-11-17-27-14-8-5-9-15-27/h4-9,12-15,22-23,28,30-31H,10-11,16-21,24-25H2,1-3H3/t30-,31+/m1/s1. The summed E-state index contributed by atoms with van der Waals surface area (Å²) in [6, 6.07) is 23.2. The molecule has 8 heteroatoms. The van der Waals surface area contributed by atoms with Gasteiger partial charge in [-0.1, -0.05) is 60.7 Å². The molecule has 2 bridgehead atoms. The first-order valence-electron chi connectivity index (χ1n) is 16.0. The predicted octanol–water partition coefficient (Wildman–Crippen LogP) is 5.76. The van der Waals surface area contributed by atoms with Crippen LogP contribution in [-0.2, 0) is 22.4 Å². The normalized spacial score (nSPS) is 17.5. The predicted molar refractivity (Wildman–Crippen MR) is 173 cm³/mol. The van der Waals surface area contributed by atoms with Gasteiger partial charge in [-0.25, -0.2) is 0 Å². The van der Waals surface area contributed by atoms with Gasteiger partial charge in [-0.05, 0) is 80.5 Å². The molecule has 2 aliphatic heterocycles. The van der Waals surface area contributed by atoms with Crippen LogP contribution in [-0.4, -0.2) is 73.9 Å². The van der Waals surface area contributed by atoms with Crippen molar-refractivity contribution in [2.75, 3.05) is 34.4 Å². The lowest BCUT2D eigenvalue weighted by molar-refractivity contribution is -0.149. The van der Waals surface area contributed by atoms with Gasteiger partial charge in [0.15, 0.2) is 11.5 Å². The molecule has 3 aromatic rings. The second-order valence-electron chi connectivity index (χ2n) is 12.1. The van der Waals surface area contributed by atoms with E-state index in [-0.39, 0.29) is 17.5 Å². The van der Waals surface area contributed by atoms with Gasteiger partial charge in [0.2, 0.25) is 11.7 Å². The van der Waals surface area contributed by atoms with E-state index in [1.54, 1.807) is 0 Å². The fraction of sp³-hybridized carbons (Fsp3) is 0.432. The molecule has 0 aromatic heterocycles. The van der Waals surface area contributed by atoms with Gasteiger partial charge in [0.05, 0.1) is 27.4 Å². The summed E-state index contributed by atoms with van der Waals surface area (Å²) in [6.07, 6.45) is 7.48. The third kappa shape index (κ3) is 7.49. The summed E-state index contributed by atoms with van der Waals surface area (Å²) < 4.78 is 16.1. The Balaban J connectivity index is 1.25. The van der Waals surface area contributed by atoms with Gasteiger partial charge < -0.3 is 24.0 Å². The molecule has 5 rings (SSSR count). The highest BCUT2D eigenvalue weighted by molar-refractivity contribution is 6.43. The molecule has 3 aromatic carbocycles. The van der Waals surface area contributed by atoms with Crippen molar-refractivity contribution in [1.82, 2.24) is 9.80 Å². The highest BCUT2D eigenvalue weighted by Crippen LogP contribution is 2.39. The number of nitrogens with zero attached hydrogens (tertiary/aromatic N) is 2. The third-order valence-corrected chi connectivity index (χ3v) is 9.21. The van der Waals surface area contributed by atoms with Gasteiger partial charge in [0.25, 0.3) is 11.7 Å². The maximum absolute atomic E-state index is 13.8. The van der Waals surface area contributed by atoms with Crippen LogP contribution in [0.4, 0.5) is 0 Å². The first-order chi connectivity index (χ1) is 21.9. The first kappa shape index (κ1) is 32.1. The monoisotopic (exact) mass is 612 g/mol. The fourth-order valence-electron chi connectivity index (χ4n) is 6.90. The Labute approximate surface area is 266 Å². The van der Waals surface area contributed by atoms with Crippen LogP contribution in [0.15, 0.2) is 72.8 Å². The number of Topliss-reactive ketones (excluding diaryl/α,β-unsaturated/α-hetero) is 1. The zero-order valence-corrected chi connectivity index (χ0v) is 26.6. The van der Waals surface area contributed by atoms with E-state index >= 15 is 0 Å². The van der Waals surface area contributed by atoms with Crippen molar-refractivity contribution in [2.45, 2.75) is 63.5 Å². The molecule has 2 fully saturated rings. The van der Waals surface area contributed by atoms with E-state index in [0.717, 1.165) is 38.5 Å². The largest absolute Gasteiger partial charge is 0.493 e. The number of benzene rings is 3. The summed E-state index contributed by atoms with van der Waals surface area (Å²) in [5.41, 5.74) is 2.80. The van der Waals surface area contributed by atoms with Crippen molar-refractivity contribution in [1.29, 1.82) is 0 Å². The zero-order valence-electron chi connectivity index (χ0n) is 26.6. The number of carbonyl (C=O) groups excluding carboxylic acids is 3. The Hall–Kier alpha value is -4.33. The van der Waals surface area contributed by atoms with E-state index in [0.29, 0.717) is 49.1 Å². The molecular weight excluding hydrogens is 568 g/mol. The minimum absolute atomic E-state index is 0.0501. The summed E-state index contributed by atoms with van der Waals surface area (Å²) in [7, 11) is 4.40. The zero-order chi connectivity index (χ0) is 31.8. The third-order valence-electron chi connectivity index (χ3n) is 9.21. The van der Waals surface area contributed by atoms with Crippen LogP contribution in [0.5, 0.6) is 17.2 Å². The molecule has 2 heterocycles. The molecule has 2 amide bonds. The molecule has 8 nitrogen and oxygen atoms in total. The quantitative estimate of drug-likeness (QED) is 0.160. The minimum atomic E-state index is -0.688. The molecule has 238 valence electrons. The van der Waals surface area contributed by atoms with Crippen molar-refractivity contribution in [3.63, 3.8) is 0 Å². The average Bonchev–Trinajstić information content (AvgIpc) is 3.43. The van der Waals surface area contributed by atoms with Crippen molar-refractivity contribution in [3.8, 4) is 17.2 Å². The highest BCUT2D eigenvalue weighted by atomic mass is 16.5. The number of rotatable bonds is 15. The molecule has 2 saturated heterocycles. The lowest BCUT2D eigenvalue weighted by Crippen LogP contribution is -2.60. The molecule has 2 atom stereocenters. The number of methoxy groups -OCH3 is 3. The van der Waals surface area contributed by atoms with E-state index < -0.39 is 17.7 Å². The number of ether oxygens (including phenoxy) is 3. The van der Waals surface area contributed by atoms with Gasteiger partial charge in [-0.15, -0.1) is 0 Å². The van der Waals surface area contributed by atoms with Crippen LogP contribution < -0.4 is 14.2 Å². The number of likely N-dealkylation sites (tertiary alicyclic amines) is 1. The maximum atomic E-state index is 13.8. The van der Waals surface area contributed by atoms with Crippen LogP contribution >= 0.6 is 0 Å². The Bertz CT molecular complexity index is 1390. The summed E-state index contributed by atoms with van der Waals surface area (Å²) >= 11 is 0. The van der Waals surface area contributed by atoms with Crippen LogP contribution in [0.25, 0.3) is 0 Å². The highest BCUT2D eigenvalue weighted by Gasteiger charge is 2.49. The van der Waals surface area contributed by atoms with Crippen LogP contribution in [0, 0.1) is 5.92 Å².